The van der Waals surface area contributed by atoms with E-state index >= 15 is 0 Å². The average Bonchev–Trinajstić information content (AvgIpc) is 2.90. The molecule has 1 saturated heterocycles. The van der Waals surface area contributed by atoms with Crippen molar-refractivity contribution < 1.29 is 14.3 Å². The number of carbonyl (C=O) groups is 1. The molecule has 2 aromatic carbocycles. The number of nitrogens with zero attached hydrogens (tertiary/aromatic N) is 3. The number of ether oxygens (including phenoxy) is 2. The minimum Gasteiger partial charge on any atom is -0.497 e. The van der Waals surface area contributed by atoms with Crippen LogP contribution >= 0.6 is 0 Å². The molecule has 2 heterocycles. The fourth-order valence-electron chi connectivity index (χ4n) is 4.15. The zero-order valence-electron chi connectivity index (χ0n) is 19.1. The van der Waals surface area contributed by atoms with Gasteiger partial charge in [0, 0.05) is 56.4 Å². The van der Waals surface area contributed by atoms with E-state index < -0.39 is 0 Å². The van der Waals surface area contributed by atoms with E-state index in [-0.39, 0.29) is 11.9 Å². The van der Waals surface area contributed by atoms with Gasteiger partial charge in [-0.15, -0.1) is 0 Å². The molecular formula is C26H30N4O3. The number of aromatic nitrogens is 1. The van der Waals surface area contributed by atoms with Crippen molar-refractivity contribution in [3.8, 4) is 11.5 Å². The first-order valence-electron chi connectivity index (χ1n) is 11.1. The zero-order valence-corrected chi connectivity index (χ0v) is 19.1. The number of nitrogens with one attached hydrogen (secondary N) is 1. The number of amides is 1. The number of piperazine rings is 1. The summed E-state index contributed by atoms with van der Waals surface area (Å²) in [5.74, 6) is 1.50. The molecule has 0 saturated carbocycles. The largest absolute Gasteiger partial charge is 0.497 e. The molecule has 1 fully saturated rings. The van der Waals surface area contributed by atoms with Gasteiger partial charge in [0.05, 0.1) is 20.3 Å². The van der Waals surface area contributed by atoms with Gasteiger partial charge in [-0.1, -0.05) is 6.07 Å². The molecule has 7 heteroatoms. The van der Waals surface area contributed by atoms with Crippen molar-refractivity contribution in [1.29, 1.82) is 0 Å². The molecule has 4 rings (SSSR count). The number of anilines is 1. The number of pyridine rings is 1. The van der Waals surface area contributed by atoms with Gasteiger partial charge >= 0.3 is 0 Å². The van der Waals surface area contributed by atoms with Crippen molar-refractivity contribution in [3.63, 3.8) is 0 Å². The Morgan fingerprint density at radius 3 is 2.15 bits per heavy atom. The Hall–Kier alpha value is -3.58. The summed E-state index contributed by atoms with van der Waals surface area (Å²) in [7, 11) is 3.29. The molecule has 1 aromatic heterocycles. The molecule has 1 aliphatic rings. The van der Waals surface area contributed by atoms with Crippen molar-refractivity contribution in [3.05, 3.63) is 84.2 Å². The van der Waals surface area contributed by atoms with Crippen LogP contribution in [0.25, 0.3) is 0 Å². The number of rotatable bonds is 8. The van der Waals surface area contributed by atoms with Crippen molar-refractivity contribution in [2.45, 2.75) is 6.04 Å². The van der Waals surface area contributed by atoms with Crippen LogP contribution < -0.4 is 19.7 Å². The van der Waals surface area contributed by atoms with Crippen LogP contribution in [0.2, 0.25) is 0 Å². The smallest absolute Gasteiger partial charge is 0.251 e. The van der Waals surface area contributed by atoms with Crippen LogP contribution in [0.3, 0.4) is 0 Å². The van der Waals surface area contributed by atoms with Crippen molar-refractivity contribution in [2.75, 3.05) is 51.8 Å². The van der Waals surface area contributed by atoms with Gasteiger partial charge in [-0.05, 0) is 60.2 Å². The number of hydrogen-bond donors (Lipinski definition) is 1. The molecule has 0 radical (unpaired) electrons. The highest BCUT2D eigenvalue weighted by Crippen LogP contribution is 2.25. The van der Waals surface area contributed by atoms with Crippen LogP contribution in [0.4, 0.5) is 5.69 Å². The number of hydrogen-bond acceptors (Lipinski definition) is 6. The van der Waals surface area contributed by atoms with E-state index in [2.05, 4.69) is 38.3 Å². The standard InChI is InChI=1S/C26H30N4O3/c1-32-23-9-5-20(6-10-23)26(31)28-19-25(21-4-3-13-27-18-21)30-16-14-29(15-17-30)22-7-11-24(33-2)12-8-22/h3-13,18,25H,14-17,19H2,1-2H3,(H,28,31). The molecule has 0 spiro atoms. The Morgan fingerprint density at radius 1 is 0.939 bits per heavy atom. The van der Waals surface area contributed by atoms with E-state index in [1.165, 1.54) is 5.69 Å². The van der Waals surface area contributed by atoms with Gasteiger partial charge in [-0.2, -0.15) is 0 Å². The molecule has 33 heavy (non-hydrogen) atoms. The first-order valence-corrected chi connectivity index (χ1v) is 11.1. The summed E-state index contributed by atoms with van der Waals surface area (Å²) in [4.78, 5) is 21.9. The summed E-state index contributed by atoms with van der Waals surface area (Å²) < 4.78 is 10.5. The fourth-order valence-corrected chi connectivity index (χ4v) is 4.15. The molecule has 0 bridgehead atoms. The van der Waals surface area contributed by atoms with E-state index in [4.69, 9.17) is 9.47 Å². The Morgan fingerprint density at radius 2 is 1.58 bits per heavy atom. The van der Waals surface area contributed by atoms with Crippen molar-refractivity contribution in [1.82, 2.24) is 15.2 Å². The molecule has 1 unspecified atom stereocenters. The second-order valence-corrected chi connectivity index (χ2v) is 7.96. The van der Waals surface area contributed by atoms with Crippen LogP contribution in [0.5, 0.6) is 11.5 Å². The molecule has 0 aliphatic carbocycles. The number of carbonyl (C=O) groups excluding carboxylic acids is 1. The molecule has 3 aromatic rings. The molecule has 1 N–H and O–H groups in total. The highest BCUT2D eigenvalue weighted by atomic mass is 16.5. The predicted molar refractivity (Wildman–Crippen MR) is 129 cm³/mol. The van der Waals surface area contributed by atoms with Gasteiger partial charge in [0.1, 0.15) is 11.5 Å². The summed E-state index contributed by atoms with van der Waals surface area (Å²) in [6, 6.07) is 19.4. The second-order valence-electron chi connectivity index (χ2n) is 7.96. The van der Waals surface area contributed by atoms with Crippen LogP contribution in [0, 0.1) is 0 Å². The highest BCUT2D eigenvalue weighted by molar-refractivity contribution is 5.94. The summed E-state index contributed by atoms with van der Waals surface area (Å²) in [6.45, 7) is 4.12. The molecule has 1 amide bonds. The molecule has 1 atom stereocenters. The molecular weight excluding hydrogens is 416 g/mol. The van der Waals surface area contributed by atoms with Gasteiger partial charge in [-0.3, -0.25) is 14.7 Å². The summed E-state index contributed by atoms with van der Waals surface area (Å²) in [6.07, 6.45) is 3.66. The predicted octanol–water partition coefficient (Wildman–Crippen LogP) is 3.39. The maximum absolute atomic E-state index is 12.7. The third-order valence-corrected chi connectivity index (χ3v) is 6.07. The summed E-state index contributed by atoms with van der Waals surface area (Å²) in [5.41, 5.74) is 2.91. The highest BCUT2D eigenvalue weighted by Gasteiger charge is 2.26. The van der Waals surface area contributed by atoms with E-state index in [0.29, 0.717) is 12.1 Å². The molecule has 7 nitrogen and oxygen atoms in total. The second kappa shape index (κ2) is 10.8. The summed E-state index contributed by atoms with van der Waals surface area (Å²) >= 11 is 0. The van der Waals surface area contributed by atoms with Gasteiger partial charge in [0.25, 0.3) is 5.91 Å². The lowest BCUT2D eigenvalue weighted by molar-refractivity contribution is 0.0930. The Kier molecular flexibility index (Phi) is 7.42. The maximum Gasteiger partial charge on any atom is 0.251 e. The van der Waals surface area contributed by atoms with Crippen molar-refractivity contribution >= 4 is 11.6 Å². The molecule has 1 aliphatic heterocycles. The van der Waals surface area contributed by atoms with Crippen LogP contribution in [-0.4, -0.2) is 62.7 Å². The lowest BCUT2D eigenvalue weighted by atomic mass is 10.1. The Bertz CT molecular complexity index is 1020. The fraction of sp³-hybridized carbons (Fsp3) is 0.308. The normalized spacial score (nSPS) is 15.0. The van der Waals surface area contributed by atoms with Crippen molar-refractivity contribution in [2.24, 2.45) is 0 Å². The first-order chi connectivity index (χ1) is 16.2. The topological polar surface area (TPSA) is 66.9 Å². The van der Waals surface area contributed by atoms with Gasteiger partial charge < -0.3 is 19.7 Å². The van der Waals surface area contributed by atoms with Gasteiger partial charge in [0.2, 0.25) is 0 Å². The number of benzene rings is 2. The van der Waals surface area contributed by atoms with E-state index in [1.807, 2.05) is 24.4 Å². The lowest BCUT2D eigenvalue weighted by Crippen LogP contribution is -2.50. The average molecular weight is 447 g/mol. The summed E-state index contributed by atoms with van der Waals surface area (Å²) in [5, 5.41) is 3.11. The van der Waals surface area contributed by atoms with E-state index in [0.717, 1.165) is 43.2 Å². The third-order valence-electron chi connectivity index (χ3n) is 6.07. The molecule has 172 valence electrons. The van der Waals surface area contributed by atoms with Crippen LogP contribution in [-0.2, 0) is 0 Å². The maximum atomic E-state index is 12.7. The van der Waals surface area contributed by atoms with Gasteiger partial charge in [0.15, 0.2) is 0 Å². The SMILES string of the molecule is COc1ccc(C(=O)NCC(c2cccnc2)N2CCN(c3ccc(OC)cc3)CC2)cc1. The van der Waals surface area contributed by atoms with E-state index in [1.54, 1.807) is 44.7 Å². The lowest BCUT2D eigenvalue weighted by Gasteiger charge is -2.40. The minimum atomic E-state index is -0.0941. The minimum absolute atomic E-state index is 0.0546. The Labute approximate surface area is 195 Å². The van der Waals surface area contributed by atoms with Crippen LogP contribution in [0.15, 0.2) is 73.1 Å². The van der Waals surface area contributed by atoms with Crippen LogP contribution in [0.1, 0.15) is 22.0 Å². The van der Waals surface area contributed by atoms with Gasteiger partial charge in [-0.25, -0.2) is 0 Å². The quantitative estimate of drug-likeness (QED) is 0.572. The van der Waals surface area contributed by atoms with E-state index in [9.17, 15) is 4.79 Å². The first kappa shape index (κ1) is 22.6. The zero-order chi connectivity index (χ0) is 23.0. The Balaban J connectivity index is 1.41. The monoisotopic (exact) mass is 446 g/mol. The number of methoxy groups -OCH3 is 2. The third kappa shape index (κ3) is 5.62.